The van der Waals surface area contributed by atoms with Crippen LogP contribution in [0.5, 0.6) is 0 Å². The second kappa shape index (κ2) is 7.80. The van der Waals surface area contributed by atoms with Gasteiger partial charge in [0.25, 0.3) is 0 Å². The molecule has 100 valence electrons. The second-order valence-corrected chi connectivity index (χ2v) is 4.89. The van der Waals surface area contributed by atoms with Crippen molar-refractivity contribution >= 4 is 23.2 Å². The van der Waals surface area contributed by atoms with Gasteiger partial charge in [0.1, 0.15) is 6.61 Å². The van der Waals surface area contributed by atoms with Crippen LogP contribution >= 0.6 is 11.3 Å². The number of carboxylic acid groups (broad SMARTS) is 1. The van der Waals surface area contributed by atoms with Gasteiger partial charge in [0.2, 0.25) is 5.91 Å². The van der Waals surface area contributed by atoms with Gasteiger partial charge in [-0.1, -0.05) is 0 Å². The molecule has 1 rings (SSSR count). The highest BCUT2D eigenvalue weighted by Crippen LogP contribution is 2.16. The number of amides is 1. The van der Waals surface area contributed by atoms with Crippen molar-refractivity contribution in [2.75, 3.05) is 19.8 Å². The lowest BCUT2D eigenvalue weighted by molar-refractivity contribution is -0.136. The number of nitrogens with two attached hydrogens (primary N) is 1. The van der Waals surface area contributed by atoms with Gasteiger partial charge in [-0.25, -0.2) is 0 Å². The average Bonchev–Trinajstić information content (AvgIpc) is 2.69. The zero-order valence-electron chi connectivity index (χ0n) is 9.85. The molecule has 18 heavy (non-hydrogen) atoms. The molecule has 0 spiro atoms. The molecule has 0 radical (unpaired) electrons. The van der Waals surface area contributed by atoms with E-state index in [1.807, 2.05) is 12.1 Å². The van der Waals surface area contributed by atoms with E-state index in [4.69, 9.17) is 15.6 Å². The minimum Gasteiger partial charge on any atom is -0.481 e. The SMILES string of the molecule is NC(=O)COCCNCc1ccc(CC(=O)O)s1. The van der Waals surface area contributed by atoms with Gasteiger partial charge in [0.15, 0.2) is 0 Å². The summed E-state index contributed by atoms with van der Waals surface area (Å²) in [6.45, 7) is 1.61. The maximum absolute atomic E-state index is 10.5. The van der Waals surface area contributed by atoms with E-state index in [9.17, 15) is 9.59 Å². The van der Waals surface area contributed by atoms with Crippen LogP contribution in [0.4, 0.5) is 0 Å². The van der Waals surface area contributed by atoms with Crippen LogP contribution in [-0.4, -0.2) is 36.7 Å². The molecular formula is C11H16N2O4S. The molecule has 1 aromatic heterocycles. The van der Waals surface area contributed by atoms with Crippen molar-refractivity contribution in [3.63, 3.8) is 0 Å². The monoisotopic (exact) mass is 272 g/mol. The van der Waals surface area contributed by atoms with Gasteiger partial charge in [-0.05, 0) is 12.1 Å². The highest BCUT2D eigenvalue weighted by Gasteiger charge is 2.04. The number of aliphatic carboxylic acids is 1. The van der Waals surface area contributed by atoms with Gasteiger partial charge < -0.3 is 20.9 Å². The number of primary amides is 1. The molecule has 1 aromatic rings. The molecule has 0 bridgehead atoms. The highest BCUT2D eigenvalue weighted by atomic mass is 32.1. The Kier molecular flexibility index (Phi) is 6.34. The predicted octanol–water partition coefficient (Wildman–Crippen LogP) is -0.0333. The highest BCUT2D eigenvalue weighted by molar-refractivity contribution is 7.12. The molecule has 1 amide bonds. The van der Waals surface area contributed by atoms with E-state index >= 15 is 0 Å². The molecule has 7 heteroatoms. The lowest BCUT2D eigenvalue weighted by Gasteiger charge is -2.03. The van der Waals surface area contributed by atoms with Gasteiger partial charge in [-0.15, -0.1) is 11.3 Å². The van der Waals surface area contributed by atoms with Crippen LogP contribution in [0.1, 0.15) is 9.75 Å². The first kappa shape index (κ1) is 14.6. The number of rotatable bonds is 9. The Morgan fingerprint density at radius 3 is 2.78 bits per heavy atom. The normalized spacial score (nSPS) is 10.4. The number of carbonyl (C=O) groups is 2. The lowest BCUT2D eigenvalue weighted by Crippen LogP contribution is -2.23. The first-order valence-corrected chi connectivity index (χ1v) is 6.25. The van der Waals surface area contributed by atoms with Crippen LogP contribution in [0.25, 0.3) is 0 Å². The summed E-state index contributed by atoms with van der Waals surface area (Å²) in [7, 11) is 0. The summed E-state index contributed by atoms with van der Waals surface area (Å²) in [6.07, 6.45) is 0.0619. The molecule has 0 aliphatic carbocycles. The lowest BCUT2D eigenvalue weighted by atomic mass is 10.3. The molecule has 0 fully saturated rings. The molecule has 0 atom stereocenters. The van der Waals surface area contributed by atoms with Crippen molar-refractivity contribution < 1.29 is 19.4 Å². The summed E-state index contributed by atoms with van der Waals surface area (Å²) in [5.74, 6) is -1.30. The van der Waals surface area contributed by atoms with Crippen molar-refractivity contribution in [3.8, 4) is 0 Å². The largest absolute Gasteiger partial charge is 0.481 e. The first-order valence-electron chi connectivity index (χ1n) is 5.44. The molecule has 1 heterocycles. The minimum absolute atomic E-state index is 0.0619. The molecule has 0 aliphatic heterocycles. The van der Waals surface area contributed by atoms with Crippen LogP contribution in [0.3, 0.4) is 0 Å². The number of hydrogen-bond acceptors (Lipinski definition) is 5. The molecule has 0 aliphatic rings. The van der Waals surface area contributed by atoms with Crippen molar-refractivity contribution in [1.29, 1.82) is 0 Å². The minimum atomic E-state index is -0.823. The van der Waals surface area contributed by atoms with Crippen molar-refractivity contribution in [1.82, 2.24) is 5.32 Å². The average molecular weight is 272 g/mol. The molecule has 6 nitrogen and oxygen atoms in total. The maximum atomic E-state index is 10.5. The Labute approximate surface area is 109 Å². The van der Waals surface area contributed by atoms with Gasteiger partial charge in [0.05, 0.1) is 13.0 Å². The molecule has 0 saturated carbocycles. The van der Waals surface area contributed by atoms with Crippen LogP contribution < -0.4 is 11.1 Å². The fourth-order valence-electron chi connectivity index (χ4n) is 1.29. The van der Waals surface area contributed by atoms with Crippen molar-refractivity contribution in [3.05, 3.63) is 21.9 Å². The third kappa shape index (κ3) is 6.33. The van der Waals surface area contributed by atoms with Crippen LogP contribution in [0, 0.1) is 0 Å². The molecular weight excluding hydrogens is 256 g/mol. The number of hydrogen-bond donors (Lipinski definition) is 3. The smallest absolute Gasteiger partial charge is 0.308 e. The first-order chi connectivity index (χ1) is 8.58. The second-order valence-electron chi connectivity index (χ2n) is 3.63. The molecule has 0 saturated heterocycles. The summed E-state index contributed by atoms with van der Waals surface area (Å²) >= 11 is 1.47. The Balaban J connectivity index is 2.13. The Morgan fingerprint density at radius 1 is 1.39 bits per heavy atom. The van der Waals surface area contributed by atoms with E-state index in [0.717, 1.165) is 9.75 Å². The fourth-order valence-corrected chi connectivity index (χ4v) is 2.27. The third-order valence-electron chi connectivity index (χ3n) is 2.01. The Bertz CT molecular complexity index is 406. The molecule has 0 aromatic carbocycles. The van der Waals surface area contributed by atoms with Gasteiger partial charge in [0, 0.05) is 22.8 Å². The van der Waals surface area contributed by atoms with E-state index in [1.165, 1.54) is 11.3 Å². The number of nitrogens with one attached hydrogen (secondary N) is 1. The van der Waals surface area contributed by atoms with Gasteiger partial charge >= 0.3 is 5.97 Å². The number of thiophene rings is 1. The topological polar surface area (TPSA) is 102 Å². The van der Waals surface area contributed by atoms with Crippen molar-refractivity contribution in [2.24, 2.45) is 5.73 Å². The van der Waals surface area contributed by atoms with Gasteiger partial charge in [-0.2, -0.15) is 0 Å². The number of ether oxygens (including phenoxy) is 1. The molecule has 0 unspecified atom stereocenters. The van der Waals surface area contributed by atoms with E-state index in [1.54, 1.807) is 0 Å². The summed E-state index contributed by atoms with van der Waals surface area (Å²) in [6, 6.07) is 3.72. The third-order valence-corrected chi connectivity index (χ3v) is 3.09. The summed E-state index contributed by atoms with van der Waals surface area (Å²) < 4.78 is 4.98. The van der Waals surface area contributed by atoms with Gasteiger partial charge in [-0.3, -0.25) is 9.59 Å². The van der Waals surface area contributed by atoms with Crippen LogP contribution in [0.15, 0.2) is 12.1 Å². The maximum Gasteiger partial charge on any atom is 0.308 e. The predicted molar refractivity (Wildman–Crippen MR) is 67.4 cm³/mol. The zero-order valence-corrected chi connectivity index (χ0v) is 10.7. The van der Waals surface area contributed by atoms with E-state index < -0.39 is 11.9 Å². The standard InChI is InChI=1S/C11H16N2O4S/c12-10(14)7-17-4-3-13-6-9-2-1-8(18-9)5-11(15)16/h1-2,13H,3-7H2,(H2,12,14)(H,15,16). The summed E-state index contributed by atoms with van der Waals surface area (Å²) in [5, 5.41) is 11.8. The van der Waals surface area contributed by atoms with E-state index in [0.29, 0.717) is 19.7 Å². The Hall–Kier alpha value is -1.44. The van der Waals surface area contributed by atoms with Crippen LogP contribution in [-0.2, 0) is 27.3 Å². The summed E-state index contributed by atoms with van der Waals surface area (Å²) in [4.78, 5) is 22.8. The number of carbonyl (C=O) groups excluding carboxylic acids is 1. The van der Waals surface area contributed by atoms with Crippen molar-refractivity contribution in [2.45, 2.75) is 13.0 Å². The summed E-state index contributed by atoms with van der Waals surface area (Å²) in [5.41, 5.74) is 4.91. The fraction of sp³-hybridized carbons (Fsp3) is 0.455. The molecule has 4 N–H and O–H groups in total. The zero-order chi connectivity index (χ0) is 13.4. The number of carboxylic acids is 1. The van der Waals surface area contributed by atoms with E-state index in [-0.39, 0.29) is 13.0 Å². The Morgan fingerprint density at radius 2 is 2.11 bits per heavy atom. The van der Waals surface area contributed by atoms with Crippen LogP contribution in [0.2, 0.25) is 0 Å². The van der Waals surface area contributed by atoms with E-state index in [2.05, 4.69) is 5.32 Å². The quantitative estimate of drug-likeness (QED) is 0.548.